The molecular weight excluding hydrogens is 539 g/mol. The summed E-state index contributed by atoms with van der Waals surface area (Å²) in [6.07, 6.45) is 1.09. The number of nitrogens with zero attached hydrogens (tertiary/aromatic N) is 4. The summed E-state index contributed by atoms with van der Waals surface area (Å²) >= 11 is 12.2. The van der Waals surface area contributed by atoms with Crippen molar-refractivity contribution < 1.29 is 24.0 Å². The predicted molar refractivity (Wildman–Crippen MR) is 140 cm³/mol. The third-order valence-electron chi connectivity index (χ3n) is 5.36. The lowest BCUT2D eigenvalue weighted by Gasteiger charge is -2.10. The third-order valence-corrected chi connectivity index (χ3v) is 5.82. The molecule has 190 valence electrons. The number of benzene rings is 3. The summed E-state index contributed by atoms with van der Waals surface area (Å²) in [6, 6.07) is 15.6. The second-order valence-corrected chi connectivity index (χ2v) is 8.76. The molecule has 0 bridgehead atoms. The standard InChI is InChI=1S/C25H14Cl2N4O7/c26-15-5-6-20-13(7-15)9-21(38-20)24-29-18-4-2-1-3-17(18)25(34)30(24)28-11-14-8-16(27)10-19(31(35)36)23(14)37-12-22(32)33/h1-11H,12H2,(H,32,33). The van der Waals surface area contributed by atoms with Gasteiger partial charge in [0.1, 0.15) is 5.58 Å². The summed E-state index contributed by atoms with van der Waals surface area (Å²) in [5, 5.41) is 26.2. The highest BCUT2D eigenvalue weighted by Crippen LogP contribution is 2.34. The molecule has 0 fully saturated rings. The van der Waals surface area contributed by atoms with E-state index < -0.39 is 28.7 Å². The van der Waals surface area contributed by atoms with E-state index in [0.717, 1.165) is 17.0 Å². The molecule has 5 aromatic rings. The molecule has 0 saturated carbocycles. The number of carboxylic acid groups (broad SMARTS) is 1. The number of aliphatic carboxylic acids is 1. The third kappa shape index (κ3) is 4.80. The van der Waals surface area contributed by atoms with Crippen LogP contribution in [-0.2, 0) is 4.79 Å². The lowest BCUT2D eigenvalue weighted by Crippen LogP contribution is -2.20. The normalized spacial score (nSPS) is 11.4. The molecule has 0 unspecified atom stereocenters. The van der Waals surface area contributed by atoms with Crippen LogP contribution in [0.5, 0.6) is 5.75 Å². The molecule has 0 aliphatic rings. The zero-order valence-electron chi connectivity index (χ0n) is 19.0. The van der Waals surface area contributed by atoms with Crippen molar-refractivity contribution in [1.29, 1.82) is 0 Å². The maximum Gasteiger partial charge on any atom is 0.341 e. The molecule has 0 saturated heterocycles. The number of nitro groups is 1. The van der Waals surface area contributed by atoms with Gasteiger partial charge in [0, 0.05) is 27.1 Å². The van der Waals surface area contributed by atoms with Gasteiger partial charge in [-0.1, -0.05) is 35.3 Å². The quantitative estimate of drug-likeness (QED) is 0.161. The molecule has 2 heterocycles. The SMILES string of the molecule is O=C(O)COc1c(C=Nn2c(-c3cc4cc(Cl)ccc4o3)nc3ccccc3c2=O)cc(Cl)cc1[N+](=O)[O-]. The Bertz CT molecular complexity index is 1850. The molecule has 0 aliphatic heterocycles. The molecule has 0 aliphatic carbocycles. The van der Waals surface area contributed by atoms with E-state index in [9.17, 15) is 19.7 Å². The van der Waals surface area contributed by atoms with E-state index in [4.69, 9.17) is 37.5 Å². The first-order chi connectivity index (χ1) is 18.2. The van der Waals surface area contributed by atoms with Crippen molar-refractivity contribution in [3.05, 3.63) is 96.7 Å². The number of rotatable bonds is 7. The van der Waals surface area contributed by atoms with Crippen molar-refractivity contribution in [2.45, 2.75) is 0 Å². The van der Waals surface area contributed by atoms with Gasteiger partial charge in [0.25, 0.3) is 5.56 Å². The summed E-state index contributed by atoms with van der Waals surface area (Å²) in [5.41, 5.74) is -0.269. The van der Waals surface area contributed by atoms with Crippen molar-refractivity contribution in [3.8, 4) is 17.3 Å². The summed E-state index contributed by atoms with van der Waals surface area (Å²) in [7, 11) is 0. The van der Waals surface area contributed by atoms with Gasteiger partial charge in [0.15, 0.2) is 12.4 Å². The number of nitro benzene ring substituents is 1. The fourth-order valence-corrected chi connectivity index (χ4v) is 4.16. The minimum Gasteiger partial charge on any atom is -0.479 e. The van der Waals surface area contributed by atoms with Gasteiger partial charge in [-0.15, -0.1) is 0 Å². The summed E-state index contributed by atoms with van der Waals surface area (Å²) in [6.45, 7) is -0.854. The Labute approximate surface area is 222 Å². The molecule has 0 atom stereocenters. The number of aromatic nitrogens is 2. The maximum atomic E-state index is 13.5. The van der Waals surface area contributed by atoms with Gasteiger partial charge < -0.3 is 14.3 Å². The summed E-state index contributed by atoms with van der Waals surface area (Å²) < 4.78 is 12.1. The number of hydrogen-bond acceptors (Lipinski definition) is 8. The molecular formula is C25H14Cl2N4O7. The average molecular weight is 553 g/mol. The van der Waals surface area contributed by atoms with Crippen molar-refractivity contribution in [2.75, 3.05) is 6.61 Å². The van der Waals surface area contributed by atoms with Crippen LogP contribution in [0.2, 0.25) is 10.0 Å². The molecule has 0 amide bonds. The number of carbonyl (C=O) groups is 1. The first kappa shape index (κ1) is 24.9. The van der Waals surface area contributed by atoms with Crippen LogP contribution in [0.1, 0.15) is 5.56 Å². The van der Waals surface area contributed by atoms with Crippen LogP contribution in [0.4, 0.5) is 5.69 Å². The molecule has 2 aromatic heterocycles. The van der Waals surface area contributed by atoms with Gasteiger partial charge in [-0.05, 0) is 42.5 Å². The van der Waals surface area contributed by atoms with E-state index in [1.807, 2.05) is 0 Å². The van der Waals surface area contributed by atoms with Crippen LogP contribution in [0, 0.1) is 10.1 Å². The Kier molecular flexibility index (Phi) is 6.53. The fraction of sp³-hybridized carbons (Fsp3) is 0.0400. The number of hydrogen-bond donors (Lipinski definition) is 1. The van der Waals surface area contributed by atoms with Crippen molar-refractivity contribution in [1.82, 2.24) is 9.66 Å². The highest BCUT2D eigenvalue weighted by molar-refractivity contribution is 6.31. The Hall–Kier alpha value is -4.74. The van der Waals surface area contributed by atoms with Crippen LogP contribution in [-0.4, -0.2) is 38.5 Å². The number of carboxylic acids is 1. The minimum absolute atomic E-state index is 0.0285. The van der Waals surface area contributed by atoms with Crippen LogP contribution >= 0.6 is 23.2 Å². The van der Waals surface area contributed by atoms with Gasteiger partial charge in [0.05, 0.1) is 22.0 Å². The van der Waals surface area contributed by atoms with Gasteiger partial charge in [0.2, 0.25) is 11.6 Å². The number of ether oxygens (including phenoxy) is 1. The lowest BCUT2D eigenvalue weighted by atomic mass is 10.2. The Morgan fingerprint density at radius 1 is 1.16 bits per heavy atom. The number of halogens is 2. The van der Waals surface area contributed by atoms with Gasteiger partial charge in [-0.3, -0.25) is 14.9 Å². The Balaban J connectivity index is 1.72. The lowest BCUT2D eigenvalue weighted by molar-refractivity contribution is -0.385. The molecule has 1 N–H and O–H groups in total. The van der Waals surface area contributed by atoms with Crippen LogP contribution < -0.4 is 10.3 Å². The summed E-state index contributed by atoms with van der Waals surface area (Å²) in [4.78, 5) is 39.9. The van der Waals surface area contributed by atoms with Crippen LogP contribution in [0.15, 0.2) is 75.0 Å². The maximum absolute atomic E-state index is 13.5. The van der Waals surface area contributed by atoms with Gasteiger partial charge in [-0.25, -0.2) is 9.78 Å². The van der Waals surface area contributed by atoms with Crippen LogP contribution in [0.3, 0.4) is 0 Å². The van der Waals surface area contributed by atoms with Crippen molar-refractivity contribution in [3.63, 3.8) is 0 Å². The highest BCUT2D eigenvalue weighted by Gasteiger charge is 2.22. The van der Waals surface area contributed by atoms with E-state index in [0.29, 0.717) is 21.5 Å². The van der Waals surface area contributed by atoms with Crippen LogP contribution in [0.25, 0.3) is 33.5 Å². The topological polar surface area (TPSA) is 150 Å². The molecule has 3 aromatic carbocycles. The fourth-order valence-electron chi connectivity index (χ4n) is 3.76. The zero-order chi connectivity index (χ0) is 27.0. The second-order valence-electron chi connectivity index (χ2n) is 7.89. The Morgan fingerprint density at radius 2 is 1.95 bits per heavy atom. The van der Waals surface area contributed by atoms with E-state index in [1.54, 1.807) is 48.5 Å². The molecule has 11 nitrogen and oxygen atoms in total. The minimum atomic E-state index is -1.35. The molecule has 0 spiro atoms. The van der Waals surface area contributed by atoms with Gasteiger partial charge >= 0.3 is 11.7 Å². The number of furan rings is 1. The smallest absolute Gasteiger partial charge is 0.341 e. The van der Waals surface area contributed by atoms with Crippen molar-refractivity contribution >= 4 is 62.9 Å². The van der Waals surface area contributed by atoms with E-state index >= 15 is 0 Å². The first-order valence-corrected chi connectivity index (χ1v) is 11.5. The summed E-state index contributed by atoms with van der Waals surface area (Å²) in [5.74, 6) is -1.48. The first-order valence-electron chi connectivity index (χ1n) is 10.8. The second kappa shape index (κ2) is 9.96. The Morgan fingerprint density at radius 3 is 2.71 bits per heavy atom. The largest absolute Gasteiger partial charge is 0.479 e. The highest BCUT2D eigenvalue weighted by atomic mass is 35.5. The van der Waals surface area contributed by atoms with Crippen molar-refractivity contribution in [2.24, 2.45) is 5.10 Å². The monoisotopic (exact) mass is 552 g/mol. The zero-order valence-corrected chi connectivity index (χ0v) is 20.5. The molecule has 5 rings (SSSR count). The molecule has 13 heteroatoms. The van der Waals surface area contributed by atoms with Gasteiger partial charge in [-0.2, -0.15) is 9.78 Å². The number of para-hydroxylation sites is 1. The molecule has 0 radical (unpaired) electrons. The predicted octanol–water partition coefficient (Wildman–Crippen LogP) is 5.37. The molecule has 38 heavy (non-hydrogen) atoms. The van der Waals surface area contributed by atoms with E-state index in [-0.39, 0.29) is 33.3 Å². The van der Waals surface area contributed by atoms with E-state index in [1.165, 1.54) is 6.07 Å². The number of fused-ring (bicyclic) bond motifs is 2. The van der Waals surface area contributed by atoms with E-state index in [2.05, 4.69) is 10.1 Å². The average Bonchev–Trinajstić information content (AvgIpc) is 3.30.